The summed E-state index contributed by atoms with van der Waals surface area (Å²) in [4.78, 5) is 30.5. The molecule has 0 aliphatic heterocycles. The van der Waals surface area contributed by atoms with Crippen LogP contribution in [0.5, 0.6) is 0 Å². The Bertz CT molecular complexity index is 1160. The number of benzene rings is 1. The van der Waals surface area contributed by atoms with E-state index in [4.69, 9.17) is 0 Å². The van der Waals surface area contributed by atoms with Gasteiger partial charge in [-0.2, -0.15) is 15.0 Å². The van der Waals surface area contributed by atoms with Crippen LogP contribution in [0.3, 0.4) is 0 Å². The van der Waals surface area contributed by atoms with Crippen molar-refractivity contribution in [3.8, 4) is 11.3 Å². The number of nitrogens with one attached hydrogen (secondary N) is 2. The summed E-state index contributed by atoms with van der Waals surface area (Å²) in [6.45, 7) is 5.83. The fourth-order valence-electron chi connectivity index (χ4n) is 3.48. The lowest BCUT2D eigenvalue weighted by atomic mass is 10.0. The fraction of sp³-hybridized carbons (Fsp3) is 0.348. The third kappa shape index (κ3) is 4.47. The van der Waals surface area contributed by atoms with Crippen LogP contribution in [-0.4, -0.2) is 31.7 Å². The lowest BCUT2D eigenvalue weighted by Gasteiger charge is -2.17. The molecule has 1 aromatic carbocycles. The number of carbonyl (C=O) groups is 2. The topological polar surface area (TPSA) is 102 Å². The molecule has 3 aromatic rings. The molecule has 8 heteroatoms. The molecular weight excluding hydrogens is 392 g/mol. The third-order valence-electron chi connectivity index (χ3n) is 5.42. The van der Waals surface area contributed by atoms with Gasteiger partial charge in [-0.3, -0.25) is 9.59 Å². The highest BCUT2D eigenvalue weighted by Gasteiger charge is 2.30. The zero-order valence-corrected chi connectivity index (χ0v) is 18.2. The first-order chi connectivity index (χ1) is 14.9. The van der Waals surface area contributed by atoms with Gasteiger partial charge in [0.2, 0.25) is 5.91 Å². The maximum absolute atomic E-state index is 12.5. The Kier molecular flexibility index (Phi) is 5.54. The van der Waals surface area contributed by atoms with Crippen molar-refractivity contribution < 1.29 is 9.59 Å². The molecule has 1 aliphatic rings. The summed E-state index contributed by atoms with van der Waals surface area (Å²) in [5.74, 6) is 0.467. The summed E-state index contributed by atoms with van der Waals surface area (Å²) in [6.07, 6.45) is 5.46. The Morgan fingerprint density at radius 2 is 1.90 bits per heavy atom. The molecule has 1 saturated carbocycles. The van der Waals surface area contributed by atoms with Gasteiger partial charge in [0.15, 0.2) is 5.78 Å². The van der Waals surface area contributed by atoms with E-state index in [0.29, 0.717) is 23.5 Å². The van der Waals surface area contributed by atoms with Crippen LogP contribution < -0.4 is 10.6 Å². The molecule has 2 N–H and O–H groups in total. The smallest absolute Gasteiger partial charge is 0.228 e. The average molecular weight is 419 g/mol. The van der Waals surface area contributed by atoms with Gasteiger partial charge in [0, 0.05) is 42.9 Å². The molecule has 8 nitrogen and oxygen atoms in total. The number of anilines is 3. The van der Waals surface area contributed by atoms with Gasteiger partial charge < -0.3 is 10.6 Å². The van der Waals surface area contributed by atoms with Crippen molar-refractivity contribution in [3.05, 3.63) is 47.3 Å². The Balaban J connectivity index is 1.72. The van der Waals surface area contributed by atoms with Crippen LogP contribution in [0.2, 0.25) is 0 Å². The molecule has 2 heterocycles. The summed E-state index contributed by atoms with van der Waals surface area (Å²) in [6, 6.07) is 5.82. The van der Waals surface area contributed by atoms with Gasteiger partial charge in [-0.15, -0.1) is 0 Å². The minimum atomic E-state index is -0.0234. The molecular formula is C23H26N6O2. The van der Waals surface area contributed by atoms with E-state index in [9.17, 15) is 9.59 Å². The van der Waals surface area contributed by atoms with E-state index in [1.165, 1.54) is 11.0 Å². The number of carbonyl (C=O) groups excluding carboxylic acids is 2. The molecule has 0 bridgehead atoms. The third-order valence-corrected chi connectivity index (χ3v) is 5.42. The largest absolute Gasteiger partial charge is 0.355 e. The summed E-state index contributed by atoms with van der Waals surface area (Å²) in [7, 11) is 1.78. The van der Waals surface area contributed by atoms with Gasteiger partial charge in [-0.1, -0.05) is 6.92 Å². The standard InChI is InChI=1S/C23H26N6O2/c1-5-21(30)17-11-24-22(27-23(31)15-6-7-15)10-19(17)26-18-9-13(2)8-16(14(18)3)20-12-25-29(4)28-20/h8-12,15H,5-7H2,1-4H3,(H2,24,26,27,31). The average Bonchev–Trinajstić information content (AvgIpc) is 3.51. The van der Waals surface area contributed by atoms with Gasteiger partial charge in [0.05, 0.1) is 17.4 Å². The molecule has 31 heavy (non-hydrogen) atoms. The van der Waals surface area contributed by atoms with E-state index < -0.39 is 0 Å². The molecule has 0 spiro atoms. The number of hydrogen-bond donors (Lipinski definition) is 2. The minimum absolute atomic E-state index is 0.0190. The first kappa shape index (κ1) is 20.7. The maximum atomic E-state index is 12.5. The van der Waals surface area contributed by atoms with Gasteiger partial charge in [0.25, 0.3) is 0 Å². The first-order valence-electron chi connectivity index (χ1n) is 10.4. The van der Waals surface area contributed by atoms with Crippen molar-refractivity contribution in [1.29, 1.82) is 0 Å². The number of hydrogen-bond acceptors (Lipinski definition) is 6. The Morgan fingerprint density at radius 1 is 1.13 bits per heavy atom. The molecule has 1 fully saturated rings. The lowest BCUT2D eigenvalue weighted by Crippen LogP contribution is -2.15. The summed E-state index contributed by atoms with van der Waals surface area (Å²) in [5.41, 5.74) is 5.76. The van der Waals surface area contributed by atoms with Crippen LogP contribution in [0.25, 0.3) is 11.3 Å². The number of Topliss-reactive ketones (excluding diaryl/α,β-unsaturated/α-hetero) is 1. The molecule has 160 valence electrons. The zero-order chi connectivity index (χ0) is 22.1. The maximum Gasteiger partial charge on any atom is 0.228 e. The van der Waals surface area contributed by atoms with Crippen LogP contribution in [0, 0.1) is 19.8 Å². The Morgan fingerprint density at radius 3 is 2.55 bits per heavy atom. The van der Waals surface area contributed by atoms with E-state index >= 15 is 0 Å². The number of nitrogens with zero attached hydrogens (tertiary/aromatic N) is 4. The van der Waals surface area contributed by atoms with Gasteiger partial charge in [0.1, 0.15) is 11.5 Å². The normalized spacial score (nSPS) is 13.2. The van der Waals surface area contributed by atoms with Crippen LogP contribution in [0.1, 0.15) is 47.7 Å². The van der Waals surface area contributed by atoms with Crippen molar-refractivity contribution >= 4 is 28.9 Å². The van der Waals surface area contributed by atoms with Crippen molar-refractivity contribution in [2.45, 2.75) is 40.0 Å². The van der Waals surface area contributed by atoms with Crippen LogP contribution >= 0.6 is 0 Å². The molecule has 0 unspecified atom stereocenters. The first-order valence-corrected chi connectivity index (χ1v) is 10.4. The molecule has 0 radical (unpaired) electrons. The van der Waals surface area contributed by atoms with Gasteiger partial charge in [-0.05, 0) is 49.9 Å². The highest BCUT2D eigenvalue weighted by atomic mass is 16.2. The molecule has 4 rings (SSSR count). The number of amides is 1. The number of rotatable bonds is 7. The number of aryl methyl sites for hydroxylation is 2. The summed E-state index contributed by atoms with van der Waals surface area (Å²) in [5, 5.41) is 14.9. The summed E-state index contributed by atoms with van der Waals surface area (Å²) >= 11 is 0. The predicted molar refractivity (Wildman–Crippen MR) is 119 cm³/mol. The molecule has 0 atom stereocenters. The van der Waals surface area contributed by atoms with Crippen LogP contribution in [0.15, 0.2) is 30.6 Å². The molecule has 1 amide bonds. The fourth-order valence-corrected chi connectivity index (χ4v) is 3.48. The van der Waals surface area contributed by atoms with E-state index in [2.05, 4.69) is 31.9 Å². The molecule has 1 aliphatic carbocycles. The van der Waals surface area contributed by atoms with Crippen LogP contribution in [0.4, 0.5) is 17.2 Å². The van der Waals surface area contributed by atoms with E-state index in [0.717, 1.165) is 40.9 Å². The second-order valence-electron chi connectivity index (χ2n) is 7.98. The SMILES string of the molecule is CCC(=O)c1cnc(NC(=O)C2CC2)cc1Nc1cc(C)cc(-c2cnn(C)n2)c1C. The molecule has 2 aromatic heterocycles. The monoisotopic (exact) mass is 418 g/mol. The van der Waals surface area contributed by atoms with Gasteiger partial charge >= 0.3 is 0 Å². The van der Waals surface area contributed by atoms with Crippen molar-refractivity contribution in [2.75, 3.05) is 10.6 Å². The highest BCUT2D eigenvalue weighted by Crippen LogP contribution is 2.33. The van der Waals surface area contributed by atoms with Crippen molar-refractivity contribution in [1.82, 2.24) is 20.0 Å². The van der Waals surface area contributed by atoms with Crippen molar-refractivity contribution in [2.24, 2.45) is 13.0 Å². The predicted octanol–water partition coefficient (Wildman–Crippen LogP) is 4.18. The van der Waals surface area contributed by atoms with Crippen LogP contribution in [-0.2, 0) is 11.8 Å². The number of ketones is 1. The number of aromatic nitrogens is 4. The highest BCUT2D eigenvalue weighted by molar-refractivity contribution is 6.02. The van der Waals surface area contributed by atoms with E-state index in [1.807, 2.05) is 26.8 Å². The quantitative estimate of drug-likeness (QED) is 0.558. The second-order valence-corrected chi connectivity index (χ2v) is 7.98. The lowest BCUT2D eigenvalue weighted by molar-refractivity contribution is -0.117. The van der Waals surface area contributed by atoms with E-state index in [-0.39, 0.29) is 17.6 Å². The molecule has 0 saturated heterocycles. The zero-order valence-electron chi connectivity index (χ0n) is 18.2. The summed E-state index contributed by atoms with van der Waals surface area (Å²) < 4.78 is 0. The van der Waals surface area contributed by atoms with Gasteiger partial charge in [-0.25, -0.2) is 4.98 Å². The second kappa shape index (κ2) is 8.29. The Hall–Kier alpha value is -3.55. The minimum Gasteiger partial charge on any atom is -0.355 e. The van der Waals surface area contributed by atoms with Crippen molar-refractivity contribution in [3.63, 3.8) is 0 Å². The number of pyridine rings is 1. The Labute approximate surface area is 181 Å². The van der Waals surface area contributed by atoms with E-state index in [1.54, 1.807) is 19.3 Å².